The maximum atomic E-state index is 15.3. The summed E-state index contributed by atoms with van der Waals surface area (Å²) < 4.78 is 19.2. The van der Waals surface area contributed by atoms with Crippen molar-refractivity contribution in [2.24, 2.45) is 12.8 Å². The minimum atomic E-state index is -0.520. The van der Waals surface area contributed by atoms with Crippen molar-refractivity contribution in [1.82, 2.24) is 24.2 Å². The van der Waals surface area contributed by atoms with Crippen LogP contribution in [0.1, 0.15) is 23.7 Å². The molecule has 0 spiro atoms. The van der Waals surface area contributed by atoms with Gasteiger partial charge in [0.25, 0.3) is 0 Å². The fraction of sp³-hybridized carbons (Fsp3) is 0.233. The van der Waals surface area contributed by atoms with E-state index in [-0.39, 0.29) is 11.7 Å². The molecule has 0 aliphatic carbocycles. The van der Waals surface area contributed by atoms with E-state index in [9.17, 15) is 0 Å². The van der Waals surface area contributed by atoms with E-state index in [0.29, 0.717) is 46.3 Å². The van der Waals surface area contributed by atoms with Crippen LogP contribution >= 0.6 is 0 Å². The predicted octanol–water partition coefficient (Wildman–Crippen LogP) is 2.75. The third kappa shape index (κ3) is 5.20. The van der Waals surface area contributed by atoms with Crippen LogP contribution in [0.4, 0.5) is 15.9 Å². The third-order valence-electron chi connectivity index (χ3n) is 7.15. The standard InChI is InChI=1S/C30H34FN9/c1-18-5-7-35-14-25(18)23-11-21(24(13-32)30(34)29(23)31)9-19(2)36-28-12-26-22(10-20-6-8-38(3)15-20)16-39(4)27(33)17-40(26)37-28/h5-15,19,33H,16-17,32,34H2,1-4H3,(H,36,37)/b21-9-,22-10+,24-13+,33-27?. The lowest BCUT2D eigenvalue weighted by atomic mass is 9.99. The first-order valence-electron chi connectivity index (χ1n) is 13.0. The van der Waals surface area contributed by atoms with Gasteiger partial charge < -0.3 is 26.3 Å². The molecule has 1 aliphatic heterocycles. The normalized spacial score (nSPS) is 16.4. The molecule has 9 nitrogen and oxygen atoms in total. The number of likely N-dealkylation sites (N-methyl/N-ethyl adjacent to an activating group) is 1. The van der Waals surface area contributed by atoms with Gasteiger partial charge in [0.1, 0.15) is 11.7 Å². The number of anilines is 2. The van der Waals surface area contributed by atoms with Gasteiger partial charge in [0.05, 0.1) is 17.9 Å². The molecule has 206 valence electrons. The van der Waals surface area contributed by atoms with Crippen molar-refractivity contribution in [2.45, 2.75) is 26.4 Å². The maximum absolute atomic E-state index is 15.3. The SMILES string of the molecule is Cc1ccncc1-c1cc(=C/C(C)Nc2cc3n(n2)CC(=N)N(C)C/C3=C\c2ccn(C)c2)/c(=C\N)c(N)c1F. The summed E-state index contributed by atoms with van der Waals surface area (Å²) in [6.07, 6.45) is 12.8. The number of aromatic nitrogens is 4. The van der Waals surface area contributed by atoms with Crippen LogP contribution in [0, 0.1) is 18.2 Å². The molecule has 0 saturated heterocycles. The Labute approximate surface area is 232 Å². The van der Waals surface area contributed by atoms with Crippen LogP contribution < -0.4 is 27.2 Å². The van der Waals surface area contributed by atoms with E-state index >= 15 is 4.39 Å². The number of rotatable bonds is 5. The van der Waals surface area contributed by atoms with Crippen molar-refractivity contribution >= 4 is 41.3 Å². The molecule has 0 saturated carbocycles. The Kier molecular flexibility index (Phi) is 7.17. The largest absolute Gasteiger partial charge is 0.404 e. The minimum absolute atomic E-state index is 0.00580. The van der Waals surface area contributed by atoms with Crippen molar-refractivity contribution in [2.75, 3.05) is 24.6 Å². The highest BCUT2D eigenvalue weighted by Gasteiger charge is 2.22. The molecule has 40 heavy (non-hydrogen) atoms. The number of nitrogen functional groups attached to an aromatic ring is 1. The summed E-state index contributed by atoms with van der Waals surface area (Å²) in [6, 6.07) is 7.45. The quantitative estimate of drug-likeness (QED) is 0.289. The van der Waals surface area contributed by atoms with E-state index in [1.165, 1.54) is 6.20 Å². The van der Waals surface area contributed by atoms with Crippen LogP contribution in [-0.2, 0) is 13.6 Å². The average Bonchev–Trinajstić information content (AvgIpc) is 3.48. The zero-order valence-electron chi connectivity index (χ0n) is 23.1. The van der Waals surface area contributed by atoms with Crippen LogP contribution in [0.5, 0.6) is 0 Å². The average molecular weight is 540 g/mol. The zero-order chi connectivity index (χ0) is 28.6. The summed E-state index contributed by atoms with van der Waals surface area (Å²) in [4.78, 5) is 6.10. The lowest BCUT2D eigenvalue weighted by molar-refractivity contribution is 0.548. The third-order valence-corrected chi connectivity index (χ3v) is 7.15. The maximum Gasteiger partial charge on any atom is 0.154 e. The number of nitrogens with one attached hydrogen (secondary N) is 2. The highest BCUT2D eigenvalue weighted by Crippen LogP contribution is 2.27. The number of amidine groups is 1. The van der Waals surface area contributed by atoms with Gasteiger partial charge in [-0.1, -0.05) is 6.08 Å². The molecule has 4 heterocycles. The molecule has 6 N–H and O–H groups in total. The number of benzene rings is 1. The van der Waals surface area contributed by atoms with E-state index in [1.54, 1.807) is 18.5 Å². The molecule has 1 aliphatic rings. The van der Waals surface area contributed by atoms with Crippen molar-refractivity contribution in [3.05, 3.63) is 82.1 Å². The molecule has 3 aromatic heterocycles. The number of fused-ring (bicyclic) bond motifs is 1. The summed E-state index contributed by atoms with van der Waals surface area (Å²) in [6.45, 7) is 4.85. The fourth-order valence-electron chi connectivity index (χ4n) is 5.02. The van der Waals surface area contributed by atoms with Crippen LogP contribution in [0.2, 0.25) is 0 Å². The van der Waals surface area contributed by atoms with Crippen molar-refractivity contribution in [1.29, 1.82) is 5.41 Å². The molecule has 0 bridgehead atoms. The molecule has 0 radical (unpaired) electrons. The summed E-state index contributed by atoms with van der Waals surface area (Å²) in [5.74, 6) is 0.635. The van der Waals surface area contributed by atoms with Gasteiger partial charge in [-0.3, -0.25) is 15.1 Å². The second kappa shape index (κ2) is 10.7. The molecule has 0 fully saturated rings. The molecular weight excluding hydrogens is 505 g/mol. The first-order valence-corrected chi connectivity index (χ1v) is 13.0. The number of nitrogens with zero attached hydrogens (tertiary/aromatic N) is 5. The van der Waals surface area contributed by atoms with Gasteiger partial charge in [-0.25, -0.2) is 4.39 Å². The number of hydrogen-bond donors (Lipinski definition) is 4. The summed E-state index contributed by atoms with van der Waals surface area (Å²) in [5.41, 5.74) is 17.1. The van der Waals surface area contributed by atoms with Crippen LogP contribution in [0.25, 0.3) is 35.1 Å². The van der Waals surface area contributed by atoms with Gasteiger partial charge in [-0.2, -0.15) is 5.10 Å². The number of hydrogen-bond acceptors (Lipinski definition) is 6. The molecule has 10 heteroatoms. The molecule has 4 aromatic rings. The van der Waals surface area contributed by atoms with E-state index in [0.717, 1.165) is 22.4 Å². The fourth-order valence-corrected chi connectivity index (χ4v) is 5.02. The summed E-state index contributed by atoms with van der Waals surface area (Å²) >= 11 is 0. The number of pyridine rings is 1. The monoisotopic (exact) mass is 539 g/mol. The lowest BCUT2D eigenvalue weighted by Gasteiger charge is -2.17. The molecule has 1 atom stereocenters. The zero-order valence-corrected chi connectivity index (χ0v) is 23.1. The molecule has 1 aromatic carbocycles. The molecular formula is C30H34FN9. The van der Waals surface area contributed by atoms with E-state index in [1.807, 2.05) is 66.5 Å². The van der Waals surface area contributed by atoms with Crippen molar-refractivity contribution in [3.8, 4) is 11.1 Å². The Morgan fingerprint density at radius 2 is 1.98 bits per heavy atom. The highest BCUT2D eigenvalue weighted by molar-refractivity contribution is 5.88. The smallest absolute Gasteiger partial charge is 0.154 e. The summed E-state index contributed by atoms with van der Waals surface area (Å²) in [7, 11) is 3.91. The minimum Gasteiger partial charge on any atom is -0.404 e. The topological polar surface area (TPSA) is 127 Å². The second-order valence-corrected chi connectivity index (χ2v) is 10.3. The summed E-state index contributed by atoms with van der Waals surface area (Å²) in [5, 5.41) is 17.8. The first-order chi connectivity index (χ1) is 19.1. The van der Waals surface area contributed by atoms with Gasteiger partial charge in [0.2, 0.25) is 0 Å². The van der Waals surface area contributed by atoms with Crippen LogP contribution in [0.15, 0.2) is 49.1 Å². The van der Waals surface area contributed by atoms with Gasteiger partial charge in [0, 0.05) is 80.1 Å². The van der Waals surface area contributed by atoms with Crippen molar-refractivity contribution < 1.29 is 4.39 Å². The second-order valence-electron chi connectivity index (χ2n) is 10.3. The van der Waals surface area contributed by atoms with Gasteiger partial charge in [0.15, 0.2) is 5.82 Å². The Morgan fingerprint density at radius 3 is 2.67 bits per heavy atom. The van der Waals surface area contributed by atoms with Crippen LogP contribution in [-0.4, -0.2) is 49.7 Å². The van der Waals surface area contributed by atoms with E-state index in [2.05, 4.69) is 28.6 Å². The van der Waals surface area contributed by atoms with E-state index in [4.69, 9.17) is 22.0 Å². The number of nitrogens with two attached hydrogens (primary N) is 2. The Morgan fingerprint density at radius 1 is 1.18 bits per heavy atom. The van der Waals surface area contributed by atoms with E-state index < -0.39 is 5.82 Å². The van der Waals surface area contributed by atoms with Gasteiger partial charge in [-0.15, -0.1) is 0 Å². The predicted molar refractivity (Wildman–Crippen MR) is 160 cm³/mol. The van der Waals surface area contributed by atoms with Crippen molar-refractivity contribution in [3.63, 3.8) is 0 Å². The highest BCUT2D eigenvalue weighted by atomic mass is 19.1. The molecule has 0 amide bonds. The number of halogens is 1. The van der Waals surface area contributed by atoms with Gasteiger partial charge >= 0.3 is 0 Å². The molecule has 5 rings (SSSR count). The van der Waals surface area contributed by atoms with Crippen LogP contribution in [0.3, 0.4) is 0 Å². The van der Waals surface area contributed by atoms with Gasteiger partial charge in [-0.05, 0) is 60.0 Å². The number of aryl methyl sites for hydroxylation is 2. The lowest BCUT2D eigenvalue weighted by Crippen LogP contribution is -2.33. The Bertz CT molecular complexity index is 1750. The Hall–Kier alpha value is -4.86. The Balaban J connectivity index is 1.51. The first kappa shape index (κ1) is 26.7. The molecule has 1 unspecified atom stereocenters.